The van der Waals surface area contributed by atoms with Crippen molar-refractivity contribution in [3.05, 3.63) is 149 Å². The summed E-state index contributed by atoms with van der Waals surface area (Å²) in [6.45, 7) is 11.5. The Bertz CT molecular complexity index is 2720. The van der Waals surface area contributed by atoms with E-state index in [-0.39, 0.29) is 11.4 Å². The van der Waals surface area contributed by atoms with Crippen LogP contribution >= 0.6 is 0 Å². The van der Waals surface area contributed by atoms with E-state index in [0.717, 1.165) is 56.9 Å². The minimum absolute atomic E-state index is 0.126. The maximum atomic E-state index is 15.4. The third-order valence-electron chi connectivity index (χ3n) is 9.43. The number of halogens is 6. The zero-order valence-electron chi connectivity index (χ0n) is 26.6. The molecule has 0 aliphatic carbocycles. The first kappa shape index (κ1) is 31.3. The van der Waals surface area contributed by atoms with Crippen molar-refractivity contribution in [1.82, 2.24) is 9.13 Å². The molecule has 0 radical (unpaired) electrons. The Balaban J connectivity index is 1.66. The molecule has 2 aromatic heterocycles. The number of alkyl halides is 6. The zero-order valence-corrected chi connectivity index (χ0v) is 26.6. The summed E-state index contributed by atoms with van der Waals surface area (Å²) in [5.41, 5.74) is -0.0261. The second-order valence-electron chi connectivity index (χ2n) is 12.3. The van der Waals surface area contributed by atoms with E-state index in [1.54, 1.807) is 10.6 Å². The maximum Gasteiger partial charge on any atom is 0.417 e. The lowest BCUT2D eigenvalue weighted by atomic mass is 9.91. The van der Waals surface area contributed by atoms with Gasteiger partial charge in [0.25, 0.3) is 0 Å². The third-order valence-corrected chi connectivity index (χ3v) is 9.43. The van der Waals surface area contributed by atoms with Crippen LogP contribution in [0.1, 0.15) is 22.3 Å². The van der Waals surface area contributed by atoms with Gasteiger partial charge in [-0.25, -0.2) is 4.85 Å². The molecule has 0 aliphatic rings. The molecule has 0 aliphatic heterocycles. The fourth-order valence-corrected chi connectivity index (χ4v) is 7.41. The highest BCUT2D eigenvalue weighted by molar-refractivity contribution is 6.12. The van der Waals surface area contributed by atoms with E-state index in [9.17, 15) is 13.2 Å². The van der Waals surface area contributed by atoms with E-state index in [0.29, 0.717) is 22.1 Å². The summed E-state index contributed by atoms with van der Waals surface area (Å²) in [7, 11) is 0. The highest BCUT2D eigenvalue weighted by atomic mass is 19.4. The van der Waals surface area contributed by atoms with Crippen LogP contribution in [0.4, 0.5) is 32.0 Å². The van der Waals surface area contributed by atoms with Crippen molar-refractivity contribution >= 4 is 49.3 Å². The molecule has 246 valence electrons. The molecule has 3 nitrogen and oxygen atoms in total. The smallest absolute Gasteiger partial charge is 0.307 e. The largest absolute Gasteiger partial charge is 0.417 e. The summed E-state index contributed by atoms with van der Waals surface area (Å²) in [6.07, 6.45) is -10.1. The Morgan fingerprint density at radius 2 is 0.980 bits per heavy atom. The van der Waals surface area contributed by atoms with Crippen molar-refractivity contribution < 1.29 is 26.3 Å². The number of rotatable bonds is 3. The summed E-state index contributed by atoms with van der Waals surface area (Å²) in [4.78, 5) is 3.29. The normalized spacial score (nSPS) is 12.4. The van der Waals surface area contributed by atoms with Crippen molar-refractivity contribution in [2.75, 3.05) is 0 Å². The van der Waals surface area contributed by atoms with Gasteiger partial charge < -0.3 is 9.13 Å². The van der Waals surface area contributed by atoms with E-state index in [2.05, 4.69) is 4.85 Å². The Labute approximate surface area is 282 Å². The van der Waals surface area contributed by atoms with E-state index in [1.165, 1.54) is 6.07 Å². The molecule has 50 heavy (non-hydrogen) atoms. The number of nitrogens with zero attached hydrogens (tertiary/aromatic N) is 3. The summed E-state index contributed by atoms with van der Waals surface area (Å²) in [5, 5.41) is 3.30. The van der Waals surface area contributed by atoms with E-state index < -0.39 is 40.3 Å². The maximum absolute atomic E-state index is 15.4. The van der Waals surface area contributed by atoms with Gasteiger partial charge >= 0.3 is 12.4 Å². The van der Waals surface area contributed by atoms with Crippen molar-refractivity contribution in [2.24, 2.45) is 0 Å². The number of aromatic nitrogens is 2. The van der Waals surface area contributed by atoms with Crippen molar-refractivity contribution in [2.45, 2.75) is 26.2 Å². The van der Waals surface area contributed by atoms with Gasteiger partial charge in [0.2, 0.25) is 0 Å². The van der Waals surface area contributed by atoms with Crippen LogP contribution in [-0.4, -0.2) is 9.13 Å². The highest BCUT2D eigenvalue weighted by Gasteiger charge is 2.40. The number of para-hydroxylation sites is 4. The molecule has 8 aromatic rings. The van der Waals surface area contributed by atoms with Crippen molar-refractivity contribution in [1.29, 1.82) is 0 Å². The molecule has 6 aromatic carbocycles. The average Bonchev–Trinajstić information content (AvgIpc) is 3.61. The third kappa shape index (κ3) is 4.59. The fourth-order valence-electron chi connectivity index (χ4n) is 7.41. The van der Waals surface area contributed by atoms with E-state index in [4.69, 9.17) is 6.57 Å². The topological polar surface area (TPSA) is 14.2 Å². The van der Waals surface area contributed by atoms with Gasteiger partial charge in [-0.2, -0.15) is 26.3 Å². The van der Waals surface area contributed by atoms with Crippen LogP contribution in [0.5, 0.6) is 0 Å². The SMILES string of the molecule is [C-]#[N+]c1cccc(C(F)(F)F)c1-c1cc(-n2c3ccccc3c3cccc(C)c32)c(-n2c3ccccc3c3cccc(C)c32)cc1C(F)(F)F. The molecular formula is C41H25F6N3. The number of fused-ring (bicyclic) bond motifs is 6. The quantitative estimate of drug-likeness (QED) is 0.131. The molecule has 0 N–H and O–H groups in total. The molecule has 2 heterocycles. The molecule has 8 rings (SSSR count). The van der Waals surface area contributed by atoms with Gasteiger partial charge in [0.05, 0.1) is 51.1 Å². The van der Waals surface area contributed by atoms with Crippen LogP contribution in [0, 0.1) is 20.4 Å². The average molecular weight is 674 g/mol. The summed E-state index contributed by atoms with van der Waals surface area (Å²) in [5.74, 6) is 0. The number of hydrogen-bond donors (Lipinski definition) is 0. The van der Waals surface area contributed by atoms with E-state index in [1.807, 2.05) is 97.3 Å². The molecule has 0 bridgehead atoms. The second-order valence-corrected chi connectivity index (χ2v) is 12.3. The van der Waals surface area contributed by atoms with E-state index >= 15 is 13.2 Å². The van der Waals surface area contributed by atoms with Gasteiger partial charge in [-0.1, -0.05) is 91.0 Å². The lowest BCUT2D eigenvalue weighted by molar-refractivity contribution is -0.139. The number of aryl methyl sites for hydroxylation is 2. The molecule has 0 fully saturated rings. The lowest BCUT2D eigenvalue weighted by Gasteiger charge is -2.24. The van der Waals surface area contributed by atoms with Crippen molar-refractivity contribution in [3.8, 4) is 22.5 Å². The van der Waals surface area contributed by atoms with Crippen molar-refractivity contribution in [3.63, 3.8) is 0 Å². The lowest BCUT2D eigenvalue weighted by Crippen LogP contribution is -2.14. The van der Waals surface area contributed by atoms with Gasteiger partial charge in [-0.15, -0.1) is 0 Å². The molecule has 0 amide bonds. The van der Waals surface area contributed by atoms with Gasteiger partial charge in [0.15, 0.2) is 5.69 Å². The number of hydrogen-bond acceptors (Lipinski definition) is 0. The standard InChI is InChI=1S/C41H25F6N3/c1-23-11-8-15-27-25-13-4-6-19-33(25)49(38(23)27)35-21-29(37-30(40(42,43)44)17-10-18-32(37)48-3)31(41(45,46)47)22-36(35)50-34-20-7-5-14-26(34)28-16-9-12-24(2)39(28)50/h4-22H,1-2H3. The van der Waals surface area contributed by atoms with Crippen LogP contribution in [0.25, 0.3) is 71.0 Å². The molecular weight excluding hydrogens is 648 g/mol. The Hall–Kier alpha value is -6.01. The van der Waals surface area contributed by atoms with Gasteiger partial charge in [-0.05, 0) is 54.8 Å². The zero-order chi connectivity index (χ0) is 35.1. The minimum Gasteiger partial charge on any atom is -0.307 e. The summed E-state index contributed by atoms with van der Waals surface area (Å²) in [6, 6.07) is 31.2. The molecule has 0 saturated carbocycles. The van der Waals surface area contributed by atoms with Crippen LogP contribution < -0.4 is 0 Å². The Kier molecular flexibility index (Phi) is 6.88. The predicted molar refractivity (Wildman–Crippen MR) is 186 cm³/mol. The fraction of sp³-hybridized carbons (Fsp3) is 0.0976. The summed E-state index contributed by atoms with van der Waals surface area (Å²) >= 11 is 0. The predicted octanol–water partition coefficient (Wildman–Crippen LogP) is 12.8. The molecule has 0 saturated heterocycles. The molecule has 0 atom stereocenters. The van der Waals surface area contributed by atoms with Crippen LogP contribution in [0.3, 0.4) is 0 Å². The first-order chi connectivity index (χ1) is 23.9. The molecule has 9 heteroatoms. The van der Waals surface area contributed by atoms with Crippen LogP contribution in [-0.2, 0) is 12.4 Å². The summed E-state index contributed by atoms with van der Waals surface area (Å²) < 4.78 is 93.7. The molecule has 0 spiro atoms. The van der Waals surface area contributed by atoms with Gasteiger partial charge in [-0.3, -0.25) is 0 Å². The van der Waals surface area contributed by atoms with Gasteiger partial charge in [0.1, 0.15) is 0 Å². The monoisotopic (exact) mass is 673 g/mol. The highest BCUT2D eigenvalue weighted by Crippen LogP contribution is 2.50. The first-order valence-electron chi connectivity index (χ1n) is 15.7. The first-order valence-corrected chi connectivity index (χ1v) is 15.7. The Morgan fingerprint density at radius 1 is 0.520 bits per heavy atom. The van der Waals surface area contributed by atoms with Crippen LogP contribution in [0.15, 0.2) is 115 Å². The minimum atomic E-state index is -5.09. The Morgan fingerprint density at radius 3 is 1.48 bits per heavy atom. The number of benzene rings is 6. The van der Waals surface area contributed by atoms with Crippen LogP contribution in [0.2, 0.25) is 0 Å². The second kappa shape index (κ2) is 11.0. The molecule has 0 unspecified atom stereocenters. The van der Waals surface area contributed by atoms with Gasteiger partial charge in [0, 0.05) is 27.1 Å².